The summed E-state index contributed by atoms with van der Waals surface area (Å²) in [4.78, 5) is 46.2. The molecule has 4 aliphatic carbocycles. The van der Waals surface area contributed by atoms with Crippen LogP contribution in [0.4, 0.5) is 0 Å². The van der Waals surface area contributed by atoms with E-state index in [2.05, 4.69) is 35.2 Å². The van der Waals surface area contributed by atoms with Gasteiger partial charge in [0.05, 0.1) is 5.92 Å². The highest BCUT2D eigenvalue weighted by molar-refractivity contribution is 8.26. The van der Waals surface area contributed by atoms with Gasteiger partial charge in [-0.1, -0.05) is 41.5 Å². The van der Waals surface area contributed by atoms with Crippen molar-refractivity contribution in [1.82, 2.24) is 0 Å². The number of hydrogen-bond acceptors (Lipinski definition) is 5. The molecular formula is C22H31Cl3O6S. The van der Waals surface area contributed by atoms with Crippen LogP contribution in [0.3, 0.4) is 0 Å². The van der Waals surface area contributed by atoms with Crippen LogP contribution in [0.1, 0.15) is 67.2 Å². The molecule has 32 heavy (non-hydrogen) atoms. The van der Waals surface area contributed by atoms with Gasteiger partial charge >= 0.3 is 5.97 Å². The predicted octanol–water partition coefficient (Wildman–Crippen LogP) is 5.15. The van der Waals surface area contributed by atoms with Gasteiger partial charge in [0, 0.05) is 32.2 Å². The topological polar surface area (TPSA) is 106 Å². The minimum absolute atomic E-state index is 0.0394. The van der Waals surface area contributed by atoms with Crippen molar-refractivity contribution in [2.45, 2.75) is 67.2 Å². The van der Waals surface area contributed by atoms with Gasteiger partial charge in [-0.15, -0.1) is 0 Å². The van der Waals surface area contributed by atoms with E-state index in [1.165, 1.54) is 0 Å². The van der Waals surface area contributed by atoms with Gasteiger partial charge in [0.1, 0.15) is 5.92 Å². The molecule has 4 rings (SSSR count). The Hall–Kier alpha value is -0.500. The van der Waals surface area contributed by atoms with Gasteiger partial charge in [-0.25, -0.2) is 4.21 Å². The molecule has 6 unspecified atom stereocenters. The molecule has 0 amide bonds. The molecule has 4 saturated carbocycles. The quantitative estimate of drug-likeness (QED) is 0.392. The average molecular weight is 530 g/mol. The average Bonchev–Trinajstić information content (AvgIpc) is 3.12. The highest BCUT2D eigenvalue weighted by Gasteiger charge is 2.68. The van der Waals surface area contributed by atoms with Gasteiger partial charge in [-0.05, 0) is 60.0 Å². The third kappa shape index (κ3) is 3.99. The molecule has 4 aliphatic rings. The Kier molecular flexibility index (Phi) is 7.75. The minimum Gasteiger partial charge on any atom is -0.481 e. The second kappa shape index (κ2) is 8.94. The van der Waals surface area contributed by atoms with E-state index in [9.17, 15) is 19.2 Å². The van der Waals surface area contributed by atoms with Gasteiger partial charge in [0.25, 0.3) is 0 Å². The van der Waals surface area contributed by atoms with Crippen molar-refractivity contribution in [3.05, 3.63) is 0 Å². The van der Waals surface area contributed by atoms with Crippen LogP contribution in [0.2, 0.25) is 0 Å². The fraction of sp³-hybridized carbons (Fsp3) is 0.818. The summed E-state index contributed by atoms with van der Waals surface area (Å²) in [5.41, 5.74) is -0.944. The number of carboxylic acids is 1. The van der Waals surface area contributed by atoms with E-state index < -0.39 is 37.7 Å². The number of rotatable bonds is 2. The Labute approximate surface area is 205 Å². The van der Waals surface area contributed by atoms with Gasteiger partial charge < -0.3 is 5.11 Å². The van der Waals surface area contributed by atoms with Crippen molar-refractivity contribution in [2.24, 2.45) is 45.3 Å². The molecular weight excluding hydrogens is 499 g/mol. The molecule has 0 aromatic heterocycles. The van der Waals surface area contributed by atoms with Crippen LogP contribution in [-0.4, -0.2) is 32.1 Å². The number of hydrogen-bond donors (Lipinski definition) is 1. The molecule has 1 N–H and O–H groups in total. The zero-order valence-electron chi connectivity index (χ0n) is 19.2. The van der Waals surface area contributed by atoms with Crippen molar-refractivity contribution in [2.75, 3.05) is 0 Å². The summed E-state index contributed by atoms with van der Waals surface area (Å²) in [6.07, 6.45) is 3.60. The summed E-state index contributed by atoms with van der Waals surface area (Å²) in [7, 11) is 7.36. The van der Waals surface area contributed by atoms with E-state index >= 15 is 0 Å². The molecule has 10 heteroatoms. The number of Topliss-reactive ketones (excluding diaryl/α,β-unsaturated/α-hetero) is 2. The Morgan fingerprint density at radius 1 is 0.844 bits per heavy atom. The van der Waals surface area contributed by atoms with Crippen LogP contribution in [0.15, 0.2) is 0 Å². The summed E-state index contributed by atoms with van der Waals surface area (Å²) in [5.74, 6) is -2.00. The van der Waals surface area contributed by atoms with Crippen LogP contribution in [0.5, 0.6) is 0 Å². The van der Waals surface area contributed by atoms with Crippen LogP contribution in [0, 0.1) is 45.3 Å². The normalized spacial score (nSPS) is 39.9. The lowest BCUT2D eigenvalue weighted by atomic mass is 9.70. The Morgan fingerprint density at radius 2 is 1.16 bits per heavy atom. The molecule has 0 saturated heterocycles. The van der Waals surface area contributed by atoms with E-state index in [-0.39, 0.29) is 39.6 Å². The van der Waals surface area contributed by atoms with Gasteiger partial charge in [0.15, 0.2) is 11.6 Å². The number of fused-ring (bicyclic) bond motifs is 4. The molecule has 4 fully saturated rings. The zero-order chi connectivity index (χ0) is 25.0. The maximum atomic E-state index is 12.0. The van der Waals surface area contributed by atoms with Crippen molar-refractivity contribution in [3.8, 4) is 0 Å². The molecule has 4 bridgehead atoms. The SMILES string of the molecule is CC12CCC(C(C(=O)Cl)C1=O)C2(C)C.CC12CCC(C(C(=O)O)C1=O)C2(C)C.O=S(Cl)Cl. The highest BCUT2D eigenvalue weighted by Crippen LogP contribution is 2.66. The summed E-state index contributed by atoms with van der Waals surface area (Å²) >= 11 is 5.50. The van der Waals surface area contributed by atoms with Crippen molar-refractivity contribution in [3.63, 3.8) is 0 Å². The first-order chi connectivity index (χ1) is 14.4. The summed E-state index contributed by atoms with van der Waals surface area (Å²) in [6, 6.07) is 0. The largest absolute Gasteiger partial charge is 0.481 e. The van der Waals surface area contributed by atoms with E-state index in [1.54, 1.807) is 0 Å². The maximum Gasteiger partial charge on any atom is 0.314 e. The molecule has 6 nitrogen and oxygen atoms in total. The molecule has 0 aliphatic heterocycles. The number of carboxylic acid groups (broad SMARTS) is 1. The third-order valence-corrected chi connectivity index (χ3v) is 9.81. The molecule has 0 aromatic carbocycles. The Morgan fingerprint density at radius 3 is 1.31 bits per heavy atom. The highest BCUT2D eigenvalue weighted by atomic mass is 36.0. The number of carbonyl (C=O) groups is 4. The number of halogens is 3. The first-order valence-corrected chi connectivity index (χ1v) is 13.8. The maximum absolute atomic E-state index is 12.0. The van der Waals surface area contributed by atoms with E-state index in [4.69, 9.17) is 20.9 Å². The standard InChI is InChI=1S/C11H15ClO2.C11H16O3.Cl2OS/c1-10(2)6-4-5-11(10,3)8(13)7(6)9(12)14;1-10(2)6-4-5-11(10,3)8(12)7(6)9(13)14;1-4(2)3/h6-7H,4-5H2,1-3H3;6-7H,4-5H2,1-3H3,(H,13,14);. The summed E-state index contributed by atoms with van der Waals surface area (Å²) in [6.45, 7) is 12.1. The molecule has 0 radical (unpaired) electrons. The lowest BCUT2D eigenvalue weighted by Gasteiger charge is -2.32. The molecule has 0 aromatic rings. The fourth-order valence-corrected chi connectivity index (χ4v) is 6.97. The zero-order valence-corrected chi connectivity index (χ0v) is 22.3. The summed E-state index contributed by atoms with van der Waals surface area (Å²) in [5, 5.41) is 8.57. The van der Waals surface area contributed by atoms with Gasteiger partial charge in [0.2, 0.25) is 14.5 Å². The van der Waals surface area contributed by atoms with Gasteiger partial charge in [-0.3, -0.25) is 19.2 Å². The second-order valence-electron chi connectivity index (χ2n) is 10.9. The number of ketones is 2. The minimum atomic E-state index is -1.67. The van der Waals surface area contributed by atoms with Crippen molar-refractivity contribution in [1.29, 1.82) is 0 Å². The van der Waals surface area contributed by atoms with Crippen LogP contribution < -0.4 is 0 Å². The first kappa shape index (κ1) is 27.7. The lowest BCUT2D eigenvalue weighted by Crippen LogP contribution is -2.35. The third-order valence-electron chi connectivity index (χ3n) is 9.58. The Balaban J connectivity index is 0.000000195. The van der Waals surface area contributed by atoms with Crippen LogP contribution in [-0.2, 0) is 28.4 Å². The van der Waals surface area contributed by atoms with E-state index in [1.807, 2.05) is 27.7 Å². The van der Waals surface area contributed by atoms with Crippen molar-refractivity contribution >= 4 is 65.0 Å². The lowest BCUT2D eigenvalue weighted by molar-refractivity contribution is -0.149. The molecule has 6 atom stereocenters. The van der Waals surface area contributed by atoms with Gasteiger partial charge in [-0.2, -0.15) is 0 Å². The number of carbonyl (C=O) groups excluding carboxylic acids is 3. The van der Waals surface area contributed by atoms with E-state index in [0.29, 0.717) is 0 Å². The fourth-order valence-electron chi connectivity index (χ4n) is 6.72. The summed E-state index contributed by atoms with van der Waals surface area (Å²) < 4.78 is 9.09. The Bertz CT molecular complexity index is 804. The van der Waals surface area contributed by atoms with Crippen LogP contribution in [0.25, 0.3) is 0 Å². The van der Waals surface area contributed by atoms with Crippen molar-refractivity contribution < 1.29 is 28.5 Å². The van der Waals surface area contributed by atoms with Crippen LogP contribution >= 0.6 is 33.0 Å². The molecule has 0 spiro atoms. The monoisotopic (exact) mass is 528 g/mol. The number of aliphatic carboxylic acids is 1. The van der Waals surface area contributed by atoms with E-state index in [0.717, 1.165) is 25.7 Å². The molecule has 182 valence electrons. The second-order valence-corrected chi connectivity index (χ2v) is 13.8. The predicted molar refractivity (Wildman–Crippen MR) is 125 cm³/mol. The smallest absolute Gasteiger partial charge is 0.314 e. The molecule has 0 heterocycles. The first-order valence-electron chi connectivity index (χ1n) is 10.6.